The fourth-order valence-electron chi connectivity index (χ4n) is 1.69. The molecular formula is C14H21FN2O3. The standard InChI is InChI=1S/C14H21FN2O3/c1-13(2,3)20-12(19)17-14(4,8-18)10-7-9(16)5-6-11(10)15/h5-7,18H,8,16H2,1-4H3,(H,17,19). The van der Waals surface area contributed by atoms with Gasteiger partial charge in [-0.25, -0.2) is 9.18 Å². The average molecular weight is 284 g/mol. The van der Waals surface area contributed by atoms with Crippen LogP contribution in [0.5, 0.6) is 0 Å². The molecule has 0 radical (unpaired) electrons. The van der Waals surface area contributed by atoms with Gasteiger partial charge >= 0.3 is 6.09 Å². The minimum absolute atomic E-state index is 0.103. The number of carbonyl (C=O) groups excluding carboxylic acids is 1. The van der Waals surface area contributed by atoms with Gasteiger partial charge in [0.05, 0.1) is 12.1 Å². The van der Waals surface area contributed by atoms with Crippen LogP contribution in [-0.2, 0) is 10.3 Å². The van der Waals surface area contributed by atoms with Crippen LogP contribution in [0.1, 0.15) is 33.3 Å². The van der Waals surface area contributed by atoms with Gasteiger partial charge in [-0.1, -0.05) is 0 Å². The molecule has 0 aliphatic rings. The minimum atomic E-state index is -1.32. The monoisotopic (exact) mass is 284 g/mol. The zero-order valence-corrected chi connectivity index (χ0v) is 12.2. The molecule has 5 nitrogen and oxygen atoms in total. The van der Waals surface area contributed by atoms with E-state index >= 15 is 0 Å². The highest BCUT2D eigenvalue weighted by atomic mass is 19.1. The lowest BCUT2D eigenvalue weighted by atomic mass is 9.92. The Balaban J connectivity index is 3.03. The number of benzene rings is 1. The fraction of sp³-hybridized carbons (Fsp3) is 0.500. The van der Waals surface area contributed by atoms with E-state index < -0.39 is 29.7 Å². The van der Waals surface area contributed by atoms with Crippen LogP contribution in [0.4, 0.5) is 14.9 Å². The molecule has 0 heterocycles. The molecule has 0 aliphatic carbocycles. The van der Waals surface area contributed by atoms with E-state index in [1.807, 2.05) is 0 Å². The summed E-state index contributed by atoms with van der Waals surface area (Å²) >= 11 is 0. The lowest BCUT2D eigenvalue weighted by Crippen LogP contribution is -2.48. The van der Waals surface area contributed by atoms with Crippen molar-refractivity contribution in [3.05, 3.63) is 29.6 Å². The van der Waals surface area contributed by atoms with E-state index in [2.05, 4.69) is 5.32 Å². The Labute approximate surface area is 117 Å². The summed E-state index contributed by atoms with van der Waals surface area (Å²) in [5.74, 6) is -0.563. The van der Waals surface area contributed by atoms with Crippen LogP contribution < -0.4 is 11.1 Å². The molecule has 0 aromatic heterocycles. The number of rotatable bonds is 3. The van der Waals surface area contributed by atoms with Crippen molar-refractivity contribution in [2.45, 2.75) is 38.8 Å². The van der Waals surface area contributed by atoms with E-state index in [1.165, 1.54) is 25.1 Å². The molecule has 1 unspecified atom stereocenters. The van der Waals surface area contributed by atoms with Crippen molar-refractivity contribution >= 4 is 11.8 Å². The summed E-state index contributed by atoms with van der Waals surface area (Å²) in [5, 5.41) is 12.0. The average Bonchev–Trinajstić information content (AvgIpc) is 2.29. The molecule has 112 valence electrons. The van der Waals surface area contributed by atoms with Crippen molar-refractivity contribution in [3.63, 3.8) is 0 Å². The number of hydrogen-bond acceptors (Lipinski definition) is 4. The smallest absolute Gasteiger partial charge is 0.408 e. The van der Waals surface area contributed by atoms with E-state index in [-0.39, 0.29) is 5.56 Å². The van der Waals surface area contributed by atoms with Crippen LogP contribution >= 0.6 is 0 Å². The normalized spacial score (nSPS) is 14.5. The number of aliphatic hydroxyl groups is 1. The topological polar surface area (TPSA) is 84.6 Å². The second-order valence-electron chi connectivity index (χ2n) is 5.86. The van der Waals surface area contributed by atoms with Crippen LogP contribution in [0.25, 0.3) is 0 Å². The third-order valence-electron chi connectivity index (χ3n) is 2.68. The molecule has 0 aliphatic heterocycles. The maximum atomic E-state index is 13.9. The number of nitrogens with two attached hydrogens (primary N) is 1. The summed E-state index contributed by atoms with van der Waals surface area (Å²) < 4.78 is 19.0. The van der Waals surface area contributed by atoms with Gasteiger partial charge in [-0.15, -0.1) is 0 Å². The van der Waals surface area contributed by atoms with Gasteiger partial charge in [0, 0.05) is 11.3 Å². The number of ether oxygens (including phenoxy) is 1. The molecule has 1 atom stereocenters. The maximum absolute atomic E-state index is 13.9. The van der Waals surface area contributed by atoms with Gasteiger partial charge in [-0.05, 0) is 45.9 Å². The van der Waals surface area contributed by atoms with E-state index in [1.54, 1.807) is 20.8 Å². The number of aliphatic hydroxyl groups excluding tert-OH is 1. The number of anilines is 1. The Morgan fingerprint density at radius 2 is 2.00 bits per heavy atom. The molecule has 4 N–H and O–H groups in total. The van der Waals surface area contributed by atoms with E-state index in [0.29, 0.717) is 5.69 Å². The second kappa shape index (κ2) is 5.66. The summed E-state index contributed by atoms with van der Waals surface area (Å²) in [6.07, 6.45) is -0.740. The predicted molar refractivity (Wildman–Crippen MR) is 74.6 cm³/mol. The highest BCUT2D eigenvalue weighted by Crippen LogP contribution is 2.26. The van der Waals surface area contributed by atoms with Crippen LogP contribution in [0.3, 0.4) is 0 Å². The van der Waals surface area contributed by atoms with Crippen LogP contribution in [-0.4, -0.2) is 23.4 Å². The molecule has 6 heteroatoms. The zero-order valence-electron chi connectivity index (χ0n) is 12.2. The number of halogens is 1. The minimum Gasteiger partial charge on any atom is -0.444 e. The number of amides is 1. The predicted octanol–water partition coefficient (Wildman–Crippen LogP) is 2.14. The molecule has 20 heavy (non-hydrogen) atoms. The molecule has 1 aromatic carbocycles. The summed E-state index contributed by atoms with van der Waals surface area (Å²) in [5.41, 5.74) is 4.06. The lowest BCUT2D eigenvalue weighted by Gasteiger charge is -2.31. The number of nitrogen functional groups attached to an aromatic ring is 1. The number of alkyl carbamates (subject to hydrolysis) is 1. The van der Waals surface area contributed by atoms with Crippen molar-refractivity contribution in [3.8, 4) is 0 Å². The molecule has 0 fully saturated rings. The van der Waals surface area contributed by atoms with Gasteiger partial charge in [0.2, 0.25) is 0 Å². The van der Waals surface area contributed by atoms with Crippen molar-refractivity contribution in [1.82, 2.24) is 5.32 Å². The first-order valence-corrected chi connectivity index (χ1v) is 6.25. The van der Waals surface area contributed by atoms with Gasteiger partial charge in [0.25, 0.3) is 0 Å². The summed E-state index contributed by atoms with van der Waals surface area (Å²) in [7, 11) is 0. The van der Waals surface area contributed by atoms with Crippen LogP contribution in [0.15, 0.2) is 18.2 Å². The first-order chi connectivity index (χ1) is 9.07. The largest absolute Gasteiger partial charge is 0.444 e. The zero-order chi connectivity index (χ0) is 15.6. The number of hydrogen-bond donors (Lipinski definition) is 3. The Hall–Kier alpha value is -1.82. The van der Waals surface area contributed by atoms with Gasteiger partial charge in [0.1, 0.15) is 11.4 Å². The Kier molecular flexibility index (Phi) is 4.60. The molecule has 0 spiro atoms. The molecule has 0 saturated heterocycles. The van der Waals surface area contributed by atoms with Crippen LogP contribution in [0.2, 0.25) is 0 Å². The van der Waals surface area contributed by atoms with E-state index in [0.717, 1.165) is 0 Å². The van der Waals surface area contributed by atoms with E-state index in [4.69, 9.17) is 10.5 Å². The quantitative estimate of drug-likeness (QED) is 0.742. The highest BCUT2D eigenvalue weighted by molar-refractivity contribution is 5.69. The summed E-state index contributed by atoms with van der Waals surface area (Å²) in [4.78, 5) is 11.8. The first-order valence-electron chi connectivity index (χ1n) is 6.25. The molecule has 1 rings (SSSR count). The van der Waals surface area contributed by atoms with Crippen molar-refractivity contribution in [1.29, 1.82) is 0 Å². The number of carbonyl (C=O) groups is 1. The second-order valence-corrected chi connectivity index (χ2v) is 5.86. The Morgan fingerprint density at radius 1 is 1.40 bits per heavy atom. The maximum Gasteiger partial charge on any atom is 0.408 e. The molecule has 0 saturated carbocycles. The van der Waals surface area contributed by atoms with Crippen LogP contribution in [0, 0.1) is 5.82 Å². The van der Waals surface area contributed by atoms with Crippen molar-refractivity contribution in [2.75, 3.05) is 12.3 Å². The van der Waals surface area contributed by atoms with Gasteiger partial charge in [-0.2, -0.15) is 0 Å². The summed E-state index contributed by atoms with van der Waals surface area (Å²) in [6, 6.07) is 3.97. The third-order valence-corrected chi connectivity index (χ3v) is 2.68. The Morgan fingerprint density at radius 3 is 2.50 bits per heavy atom. The summed E-state index contributed by atoms with van der Waals surface area (Å²) in [6.45, 7) is 6.14. The van der Waals surface area contributed by atoms with Gasteiger partial charge in [0.15, 0.2) is 0 Å². The molecular weight excluding hydrogens is 263 g/mol. The Bertz CT molecular complexity index is 500. The van der Waals surface area contributed by atoms with Gasteiger partial charge in [-0.3, -0.25) is 0 Å². The lowest BCUT2D eigenvalue weighted by molar-refractivity contribution is 0.0408. The van der Waals surface area contributed by atoms with Crippen molar-refractivity contribution in [2.24, 2.45) is 0 Å². The SMILES string of the molecule is CC(C)(C)OC(=O)NC(C)(CO)c1cc(N)ccc1F. The van der Waals surface area contributed by atoms with Gasteiger partial charge < -0.3 is 20.9 Å². The third kappa shape index (κ3) is 4.09. The van der Waals surface area contributed by atoms with E-state index in [9.17, 15) is 14.3 Å². The molecule has 1 aromatic rings. The first kappa shape index (κ1) is 16.2. The molecule has 1 amide bonds. The molecule has 0 bridgehead atoms. The van der Waals surface area contributed by atoms with Crippen molar-refractivity contribution < 1.29 is 19.0 Å². The fourth-order valence-corrected chi connectivity index (χ4v) is 1.69. The number of nitrogens with one attached hydrogen (secondary N) is 1. The highest BCUT2D eigenvalue weighted by Gasteiger charge is 2.32.